The molecule has 0 aliphatic heterocycles. The Bertz CT molecular complexity index is 517. The molecule has 0 saturated heterocycles. The van der Waals surface area contributed by atoms with Gasteiger partial charge in [-0.15, -0.1) is 0 Å². The molecule has 0 fully saturated rings. The summed E-state index contributed by atoms with van der Waals surface area (Å²) in [6, 6.07) is 8.14. The van der Waals surface area contributed by atoms with Gasteiger partial charge in [0, 0.05) is 23.6 Å². The Labute approximate surface area is 103 Å². The number of aryl methyl sites for hydroxylation is 1. The molecule has 0 amide bonds. The molecule has 4 heteroatoms. The first-order valence-corrected chi connectivity index (χ1v) is 5.91. The Kier molecular flexibility index (Phi) is 3.12. The number of hydrogen-bond donors (Lipinski definition) is 1. The van der Waals surface area contributed by atoms with E-state index in [1.807, 2.05) is 23.9 Å². The van der Waals surface area contributed by atoms with Crippen molar-refractivity contribution in [2.75, 3.05) is 0 Å². The first-order valence-electron chi connectivity index (χ1n) is 5.12. The number of hydrogen-bond acceptors (Lipinski definition) is 2. The van der Waals surface area contributed by atoms with Crippen molar-refractivity contribution in [3.63, 3.8) is 0 Å². The van der Waals surface area contributed by atoms with Crippen molar-refractivity contribution >= 4 is 15.9 Å². The molecule has 1 aromatic heterocycles. The Morgan fingerprint density at radius 1 is 1.44 bits per heavy atom. The van der Waals surface area contributed by atoms with Gasteiger partial charge in [0.25, 0.3) is 0 Å². The lowest BCUT2D eigenvalue weighted by Gasteiger charge is -1.99. The van der Waals surface area contributed by atoms with Gasteiger partial charge in [-0.1, -0.05) is 28.1 Å². The van der Waals surface area contributed by atoms with Crippen molar-refractivity contribution in [2.45, 2.75) is 13.5 Å². The van der Waals surface area contributed by atoms with Crippen molar-refractivity contribution in [1.29, 1.82) is 0 Å². The molecule has 0 aliphatic carbocycles. The van der Waals surface area contributed by atoms with Crippen LogP contribution in [0.15, 0.2) is 28.7 Å². The van der Waals surface area contributed by atoms with Crippen LogP contribution in [0.1, 0.15) is 11.3 Å². The summed E-state index contributed by atoms with van der Waals surface area (Å²) in [5, 5.41) is 4.51. The summed E-state index contributed by atoms with van der Waals surface area (Å²) in [5.74, 6) is 0. The quantitative estimate of drug-likeness (QED) is 0.919. The number of nitrogens with zero attached hydrogens (tertiary/aromatic N) is 2. The maximum absolute atomic E-state index is 5.70. The molecule has 2 rings (SSSR count). The maximum Gasteiger partial charge on any atom is 0.0955 e. The van der Waals surface area contributed by atoms with Crippen molar-refractivity contribution in [2.24, 2.45) is 12.8 Å². The van der Waals surface area contributed by atoms with E-state index in [1.54, 1.807) is 0 Å². The number of halogens is 1. The first kappa shape index (κ1) is 11.4. The summed E-state index contributed by atoms with van der Waals surface area (Å²) in [6.07, 6.45) is 0. The van der Waals surface area contributed by atoms with E-state index in [-0.39, 0.29) is 0 Å². The summed E-state index contributed by atoms with van der Waals surface area (Å²) in [6.45, 7) is 2.58. The standard InChI is InChI=1S/C12H14BrN3/c1-8-11(7-14)16(2)15-12(8)9-4-3-5-10(13)6-9/h3-6H,7,14H2,1-2H3. The van der Waals surface area contributed by atoms with Gasteiger partial charge in [0.15, 0.2) is 0 Å². The van der Waals surface area contributed by atoms with Gasteiger partial charge < -0.3 is 5.73 Å². The SMILES string of the molecule is Cc1c(-c2cccc(Br)c2)nn(C)c1CN. The zero-order valence-electron chi connectivity index (χ0n) is 9.37. The van der Waals surface area contributed by atoms with E-state index in [9.17, 15) is 0 Å². The van der Waals surface area contributed by atoms with Gasteiger partial charge in [-0.3, -0.25) is 4.68 Å². The minimum Gasteiger partial charge on any atom is -0.325 e. The molecule has 2 aromatic rings. The lowest BCUT2D eigenvalue weighted by atomic mass is 10.1. The number of rotatable bonds is 2. The molecule has 0 radical (unpaired) electrons. The third-order valence-corrected chi connectivity index (χ3v) is 3.21. The predicted octanol–water partition coefficient (Wildman–Crippen LogP) is 2.62. The molecule has 3 nitrogen and oxygen atoms in total. The molecule has 0 bridgehead atoms. The summed E-state index contributed by atoms with van der Waals surface area (Å²) in [4.78, 5) is 0. The highest BCUT2D eigenvalue weighted by molar-refractivity contribution is 9.10. The molecule has 1 aromatic carbocycles. The highest BCUT2D eigenvalue weighted by atomic mass is 79.9. The lowest BCUT2D eigenvalue weighted by Crippen LogP contribution is -2.05. The smallest absolute Gasteiger partial charge is 0.0955 e. The Balaban J connectivity index is 2.56. The van der Waals surface area contributed by atoms with Gasteiger partial charge in [-0.05, 0) is 24.6 Å². The second-order valence-corrected chi connectivity index (χ2v) is 4.67. The summed E-state index contributed by atoms with van der Waals surface area (Å²) >= 11 is 3.47. The van der Waals surface area contributed by atoms with E-state index in [0.29, 0.717) is 6.54 Å². The third kappa shape index (κ3) is 1.90. The van der Waals surface area contributed by atoms with Gasteiger partial charge in [0.1, 0.15) is 0 Å². The molecule has 0 unspecified atom stereocenters. The normalized spacial score (nSPS) is 10.8. The Morgan fingerprint density at radius 2 is 2.19 bits per heavy atom. The van der Waals surface area contributed by atoms with E-state index < -0.39 is 0 Å². The van der Waals surface area contributed by atoms with Gasteiger partial charge in [0.2, 0.25) is 0 Å². The van der Waals surface area contributed by atoms with Crippen LogP contribution < -0.4 is 5.73 Å². The van der Waals surface area contributed by atoms with Gasteiger partial charge >= 0.3 is 0 Å². The first-order chi connectivity index (χ1) is 7.63. The van der Waals surface area contributed by atoms with Gasteiger partial charge in [-0.25, -0.2) is 0 Å². The van der Waals surface area contributed by atoms with Crippen LogP contribution in [0.2, 0.25) is 0 Å². The van der Waals surface area contributed by atoms with Crippen LogP contribution in [0.5, 0.6) is 0 Å². The van der Waals surface area contributed by atoms with Crippen molar-refractivity contribution in [1.82, 2.24) is 9.78 Å². The average Bonchev–Trinajstić information content (AvgIpc) is 2.54. The number of benzene rings is 1. The summed E-state index contributed by atoms with van der Waals surface area (Å²) in [5.41, 5.74) is 10.1. The number of nitrogens with two attached hydrogens (primary N) is 1. The van der Waals surface area contributed by atoms with Crippen LogP contribution in [0.25, 0.3) is 11.3 Å². The van der Waals surface area contributed by atoms with Gasteiger partial charge in [-0.2, -0.15) is 5.10 Å². The molecule has 1 heterocycles. The molecule has 84 valence electrons. The molecular weight excluding hydrogens is 266 g/mol. The molecule has 0 saturated carbocycles. The highest BCUT2D eigenvalue weighted by Crippen LogP contribution is 2.26. The molecule has 16 heavy (non-hydrogen) atoms. The van der Waals surface area contributed by atoms with Crippen LogP contribution in [0.4, 0.5) is 0 Å². The van der Waals surface area contributed by atoms with Crippen LogP contribution in [0.3, 0.4) is 0 Å². The lowest BCUT2D eigenvalue weighted by molar-refractivity contribution is 0.712. The van der Waals surface area contributed by atoms with E-state index >= 15 is 0 Å². The molecular formula is C12H14BrN3. The molecule has 0 aliphatic rings. The van der Waals surface area contributed by atoms with Crippen LogP contribution in [0, 0.1) is 6.92 Å². The second-order valence-electron chi connectivity index (χ2n) is 3.76. The molecule has 0 spiro atoms. The fraction of sp³-hybridized carbons (Fsp3) is 0.250. The van der Waals surface area contributed by atoms with Gasteiger partial charge in [0.05, 0.1) is 11.4 Å². The second kappa shape index (κ2) is 4.39. The average molecular weight is 280 g/mol. The Morgan fingerprint density at radius 3 is 2.75 bits per heavy atom. The minimum absolute atomic E-state index is 0.517. The molecule has 2 N–H and O–H groups in total. The summed E-state index contributed by atoms with van der Waals surface area (Å²) in [7, 11) is 1.93. The van der Waals surface area contributed by atoms with E-state index in [4.69, 9.17) is 5.73 Å². The van der Waals surface area contributed by atoms with Crippen molar-refractivity contribution < 1.29 is 0 Å². The van der Waals surface area contributed by atoms with E-state index in [2.05, 4.69) is 40.1 Å². The topological polar surface area (TPSA) is 43.8 Å². The largest absolute Gasteiger partial charge is 0.325 e. The van der Waals surface area contributed by atoms with E-state index in [1.165, 1.54) is 0 Å². The van der Waals surface area contributed by atoms with Crippen molar-refractivity contribution in [3.05, 3.63) is 40.0 Å². The zero-order valence-corrected chi connectivity index (χ0v) is 11.0. The van der Waals surface area contributed by atoms with Crippen LogP contribution in [-0.4, -0.2) is 9.78 Å². The van der Waals surface area contributed by atoms with Crippen molar-refractivity contribution in [3.8, 4) is 11.3 Å². The zero-order chi connectivity index (χ0) is 11.7. The molecule has 0 atom stereocenters. The van der Waals surface area contributed by atoms with Crippen LogP contribution in [-0.2, 0) is 13.6 Å². The fourth-order valence-electron chi connectivity index (χ4n) is 1.86. The maximum atomic E-state index is 5.70. The monoisotopic (exact) mass is 279 g/mol. The highest BCUT2D eigenvalue weighted by Gasteiger charge is 2.12. The third-order valence-electron chi connectivity index (χ3n) is 2.72. The minimum atomic E-state index is 0.517. The van der Waals surface area contributed by atoms with Crippen LogP contribution >= 0.6 is 15.9 Å². The van der Waals surface area contributed by atoms with E-state index in [0.717, 1.165) is 27.0 Å². The predicted molar refractivity (Wildman–Crippen MR) is 69.0 cm³/mol. The summed E-state index contributed by atoms with van der Waals surface area (Å²) < 4.78 is 2.91. The fourth-order valence-corrected chi connectivity index (χ4v) is 2.26. The number of aromatic nitrogens is 2. The Hall–Kier alpha value is -1.13.